The predicted molar refractivity (Wildman–Crippen MR) is 166 cm³/mol. The molecule has 0 saturated carbocycles. The zero-order valence-corrected chi connectivity index (χ0v) is 26.2. The standard InChI is InChI=1S/C37H35N2.Ir/c1-6-37(4,5)35-24-38-36(32-20-12-16-27-14-8-10-18-30(27)32)39(35)34-22-21-28(23-33(34)25(2)3)31-19-11-15-26-13-7-9-17-29(26)31;/h7-19,21-25H,6H2,1-5H3;/q-1;. The second-order valence-corrected chi connectivity index (χ2v) is 11.4. The molecule has 3 heteroatoms. The van der Waals surface area contributed by atoms with E-state index in [1.54, 1.807) is 0 Å². The van der Waals surface area contributed by atoms with E-state index in [0.717, 1.165) is 17.8 Å². The molecule has 0 aliphatic heterocycles. The summed E-state index contributed by atoms with van der Waals surface area (Å²) in [5.41, 5.74) is 7.24. The summed E-state index contributed by atoms with van der Waals surface area (Å²) < 4.78 is 2.41. The van der Waals surface area contributed by atoms with Gasteiger partial charge in [-0.15, -0.1) is 29.1 Å². The van der Waals surface area contributed by atoms with Crippen molar-refractivity contribution < 1.29 is 20.1 Å². The van der Waals surface area contributed by atoms with Gasteiger partial charge in [-0.3, -0.25) is 4.98 Å². The van der Waals surface area contributed by atoms with E-state index in [-0.39, 0.29) is 25.5 Å². The molecular formula is C37H35IrN2-. The number of rotatable bonds is 6. The van der Waals surface area contributed by atoms with Crippen LogP contribution >= 0.6 is 0 Å². The molecule has 40 heavy (non-hydrogen) atoms. The van der Waals surface area contributed by atoms with Gasteiger partial charge in [-0.2, -0.15) is 0 Å². The van der Waals surface area contributed by atoms with Gasteiger partial charge in [0.25, 0.3) is 0 Å². The molecule has 2 nitrogen and oxygen atoms in total. The van der Waals surface area contributed by atoms with Crippen molar-refractivity contribution in [3.63, 3.8) is 0 Å². The molecule has 0 unspecified atom stereocenters. The summed E-state index contributed by atoms with van der Waals surface area (Å²) in [7, 11) is 0. The fourth-order valence-electron chi connectivity index (χ4n) is 5.64. The van der Waals surface area contributed by atoms with E-state index in [1.807, 2.05) is 6.07 Å². The second-order valence-electron chi connectivity index (χ2n) is 11.4. The first-order valence-corrected chi connectivity index (χ1v) is 14.0. The summed E-state index contributed by atoms with van der Waals surface area (Å²) in [4.78, 5) is 5.08. The summed E-state index contributed by atoms with van der Waals surface area (Å²) in [5, 5.41) is 4.92. The normalized spacial score (nSPS) is 11.8. The molecule has 0 amide bonds. The van der Waals surface area contributed by atoms with Crippen molar-refractivity contribution in [1.29, 1.82) is 0 Å². The quantitative estimate of drug-likeness (QED) is 0.158. The van der Waals surface area contributed by atoms with Crippen molar-refractivity contribution in [1.82, 2.24) is 9.55 Å². The van der Waals surface area contributed by atoms with E-state index in [0.29, 0.717) is 5.92 Å². The van der Waals surface area contributed by atoms with Crippen LogP contribution in [0.4, 0.5) is 0 Å². The average Bonchev–Trinajstić information content (AvgIpc) is 3.42. The van der Waals surface area contributed by atoms with E-state index in [9.17, 15) is 0 Å². The van der Waals surface area contributed by atoms with Crippen molar-refractivity contribution in [2.24, 2.45) is 0 Å². The molecule has 0 aliphatic carbocycles. The number of hydrogen-bond acceptors (Lipinski definition) is 1. The maximum Gasteiger partial charge on any atom is 0.0611 e. The Balaban J connectivity index is 0.00000323. The van der Waals surface area contributed by atoms with Crippen LogP contribution in [0, 0.1) is 6.07 Å². The smallest absolute Gasteiger partial charge is 0.0611 e. The maximum absolute atomic E-state index is 5.08. The third kappa shape index (κ3) is 4.83. The van der Waals surface area contributed by atoms with Crippen molar-refractivity contribution in [2.45, 2.75) is 52.4 Å². The molecule has 0 N–H and O–H groups in total. The minimum atomic E-state index is -0.0433. The van der Waals surface area contributed by atoms with Gasteiger partial charge < -0.3 is 4.57 Å². The Morgan fingerprint density at radius 1 is 0.825 bits per heavy atom. The molecule has 1 radical (unpaired) electrons. The van der Waals surface area contributed by atoms with Crippen LogP contribution in [0.25, 0.3) is 49.7 Å². The molecule has 0 atom stereocenters. The summed E-state index contributed by atoms with van der Waals surface area (Å²) in [5.74, 6) is 1.28. The van der Waals surface area contributed by atoms with E-state index in [2.05, 4.69) is 142 Å². The van der Waals surface area contributed by atoms with E-state index in [1.165, 1.54) is 49.6 Å². The van der Waals surface area contributed by atoms with E-state index < -0.39 is 0 Å². The van der Waals surface area contributed by atoms with E-state index in [4.69, 9.17) is 4.98 Å². The third-order valence-corrected chi connectivity index (χ3v) is 8.27. The molecule has 0 aliphatic rings. The fraction of sp³-hybridized carbons (Fsp3) is 0.216. The van der Waals surface area contributed by atoms with Crippen molar-refractivity contribution >= 4 is 21.5 Å². The molecule has 0 bridgehead atoms. The summed E-state index contributed by atoms with van der Waals surface area (Å²) in [6, 6.07) is 38.4. The molecule has 203 valence electrons. The van der Waals surface area contributed by atoms with E-state index >= 15 is 0 Å². The summed E-state index contributed by atoms with van der Waals surface area (Å²) >= 11 is 0. The average molecular weight is 700 g/mol. The molecular weight excluding hydrogens is 665 g/mol. The summed E-state index contributed by atoms with van der Waals surface area (Å²) in [6.07, 6.45) is 3.10. The Kier molecular flexibility index (Phi) is 7.82. The van der Waals surface area contributed by atoms with Gasteiger partial charge >= 0.3 is 0 Å². The van der Waals surface area contributed by atoms with Gasteiger partial charge in [0.05, 0.1) is 5.82 Å². The van der Waals surface area contributed by atoms with Crippen molar-refractivity contribution in [3.8, 4) is 28.2 Å². The number of benzene rings is 5. The minimum absolute atomic E-state index is 0. The van der Waals surface area contributed by atoms with Gasteiger partial charge in [0, 0.05) is 43.1 Å². The first-order chi connectivity index (χ1) is 18.9. The van der Waals surface area contributed by atoms with Gasteiger partial charge in [0.2, 0.25) is 0 Å². The van der Waals surface area contributed by atoms with Gasteiger partial charge in [0.1, 0.15) is 0 Å². The van der Waals surface area contributed by atoms with Gasteiger partial charge in [-0.1, -0.05) is 113 Å². The molecule has 0 fully saturated rings. The Bertz CT molecular complexity index is 1800. The molecule has 6 rings (SSSR count). The van der Waals surface area contributed by atoms with Crippen LogP contribution in [0.5, 0.6) is 0 Å². The van der Waals surface area contributed by atoms with Crippen LogP contribution < -0.4 is 0 Å². The predicted octanol–water partition coefficient (Wildman–Crippen LogP) is 10.1. The van der Waals surface area contributed by atoms with Gasteiger partial charge in [-0.25, -0.2) is 0 Å². The number of nitrogens with zero attached hydrogens (tertiary/aromatic N) is 2. The fourth-order valence-corrected chi connectivity index (χ4v) is 5.64. The van der Waals surface area contributed by atoms with Crippen LogP contribution in [0.3, 0.4) is 0 Å². The van der Waals surface area contributed by atoms with Gasteiger partial charge in [0.15, 0.2) is 0 Å². The van der Waals surface area contributed by atoms with Crippen molar-refractivity contribution in [2.75, 3.05) is 0 Å². The molecule has 0 saturated heterocycles. The van der Waals surface area contributed by atoms with Crippen LogP contribution in [0.2, 0.25) is 0 Å². The van der Waals surface area contributed by atoms with Crippen LogP contribution in [0.15, 0.2) is 103 Å². The number of imidazole rings is 1. The molecule has 1 aromatic heterocycles. The first-order valence-electron chi connectivity index (χ1n) is 14.0. The largest absolute Gasteiger partial charge is 0.336 e. The Labute approximate surface area is 251 Å². The molecule has 0 spiro atoms. The second kappa shape index (κ2) is 11.2. The Morgan fingerprint density at radius 2 is 1.50 bits per heavy atom. The maximum atomic E-state index is 5.08. The van der Waals surface area contributed by atoms with Crippen molar-refractivity contribution in [3.05, 3.63) is 121 Å². The molecule has 1 heterocycles. The zero-order chi connectivity index (χ0) is 27.1. The summed E-state index contributed by atoms with van der Waals surface area (Å²) in [6.45, 7) is 11.5. The number of hydrogen-bond donors (Lipinski definition) is 0. The Morgan fingerprint density at radius 3 is 2.23 bits per heavy atom. The Hall–Kier alpha value is -3.52. The third-order valence-electron chi connectivity index (χ3n) is 8.27. The van der Waals surface area contributed by atoms with Gasteiger partial charge in [-0.05, 0) is 51.9 Å². The SMILES string of the molecule is CCC(C)(C)c1cnc(-c2[c-]ccc3ccccc23)n1-c1ccc(-c2cccc3ccccc23)cc1C(C)C.[Ir]. The topological polar surface area (TPSA) is 17.8 Å². The monoisotopic (exact) mass is 700 g/mol. The number of aromatic nitrogens is 2. The molecule has 6 aromatic rings. The minimum Gasteiger partial charge on any atom is -0.336 e. The first kappa shape index (κ1) is 28.0. The zero-order valence-electron chi connectivity index (χ0n) is 23.8. The molecule has 5 aromatic carbocycles. The number of fused-ring (bicyclic) bond motifs is 2. The van der Waals surface area contributed by atoms with Crippen LogP contribution in [-0.4, -0.2) is 9.55 Å². The van der Waals surface area contributed by atoms with Crippen LogP contribution in [0.1, 0.15) is 58.2 Å². The van der Waals surface area contributed by atoms with Crippen LogP contribution in [-0.2, 0) is 25.5 Å².